The van der Waals surface area contributed by atoms with E-state index in [4.69, 9.17) is 4.74 Å². The second kappa shape index (κ2) is 5.95. The number of amides is 1. The van der Waals surface area contributed by atoms with Gasteiger partial charge in [-0.05, 0) is 17.7 Å². The molecule has 1 N–H and O–H groups in total. The Morgan fingerprint density at radius 3 is 2.81 bits per heavy atom. The van der Waals surface area contributed by atoms with Crippen molar-refractivity contribution in [3.63, 3.8) is 0 Å². The van der Waals surface area contributed by atoms with Crippen molar-refractivity contribution in [1.82, 2.24) is 5.32 Å². The van der Waals surface area contributed by atoms with Crippen LogP contribution in [0.1, 0.15) is 17.0 Å². The number of hydrogen-bond donors (Lipinski definition) is 1. The van der Waals surface area contributed by atoms with E-state index in [0.29, 0.717) is 18.7 Å². The number of hydrogen-bond acceptors (Lipinski definition) is 2. The molecule has 0 spiro atoms. The van der Waals surface area contributed by atoms with Crippen LogP contribution in [-0.2, 0) is 11.2 Å². The smallest absolute Gasteiger partial charge is 0.224 e. The van der Waals surface area contributed by atoms with Crippen LogP contribution in [0.2, 0.25) is 0 Å². The normalized spacial score (nSPS) is 16.1. The van der Waals surface area contributed by atoms with Gasteiger partial charge in [-0.3, -0.25) is 4.79 Å². The molecule has 0 radical (unpaired) electrons. The molecular weight excluding hydrogens is 269 g/mol. The quantitative estimate of drug-likeness (QED) is 0.938. The largest absolute Gasteiger partial charge is 0.493 e. The summed E-state index contributed by atoms with van der Waals surface area (Å²) in [5, 5.41) is 2.86. The molecule has 2 aromatic carbocycles. The fourth-order valence-electron chi connectivity index (χ4n) is 2.51. The Kier molecular flexibility index (Phi) is 3.86. The Labute approximate surface area is 122 Å². The molecule has 3 nitrogen and oxygen atoms in total. The van der Waals surface area contributed by atoms with E-state index in [9.17, 15) is 9.18 Å². The summed E-state index contributed by atoms with van der Waals surface area (Å²) < 4.78 is 19.1. The molecule has 2 aromatic rings. The monoisotopic (exact) mass is 285 g/mol. The van der Waals surface area contributed by atoms with Crippen LogP contribution in [0.5, 0.6) is 5.75 Å². The SMILES string of the molecule is O=C(Cc1ccccc1F)NCC1COc2ccccc21. The Bertz CT molecular complexity index is 657. The molecule has 1 unspecified atom stereocenters. The maximum absolute atomic E-state index is 13.5. The summed E-state index contributed by atoms with van der Waals surface area (Å²) in [6.45, 7) is 1.07. The maximum Gasteiger partial charge on any atom is 0.224 e. The molecule has 1 atom stereocenters. The minimum Gasteiger partial charge on any atom is -0.493 e. The van der Waals surface area contributed by atoms with Gasteiger partial charge in [0.05, 0.1) is 13.0 Å². The molecule has 0 saturated carbocycles. The van der Waals surface area contributed by atoms with E-state index >= 15 is 0 Å². The van der Waals surface area contributed by atoms with Crippen LogP contribution >= 0.6 is 0 Å². The first kappa shape index (κ1) is 13.6. The Morgan fingerprint density at radius 2 is 1.95 bits per heavy atom. The highest BCUT2D eigenvalue weighted by Gasteiger charge is 2.23. The number of carbonyl (C=O) groups excluding carboxylic acids is 1. The lowest BCUT2D eigenvalue weighted by atomic mass is 10.0. The highest BCUT2D eigenvalue weighted by Crippen LogP contribution is 2.32. The molecule has 1 aliphatic heterocycles. The summed E-state index contributed by atoms with van der Waals surface area (Å²) >= 11 is 0. The van der Waals surface area contributed by atoms with E-state index in [0.717, 1.165) is 11.3 Å². The fourth-order valence-corrected chi connectivity index (χ4v) is 2.51. The van der Waals surface area contributed by atoms with E-state index in [2.05, 4.69) is 5.32 Å². The van der Waals surface area contributed by atoms with E-state index in [1.165, 1.54) is 6.07 Å². The Hall–Kier alpha value is -2.36. The van der Waals surface area contributed by atoms with Gasteiger partial charge in [0.25, 0.3) is 0 Å². The molecule has 1 amide bonds. The molecule has 1 heterocycles. The van der Waals surface area contributed by atoms with Crippen molar-refractivity contribution in [2.45, 2.75) is 12.3 Å². The third-order valence-electron chi connectivity index (χ3n) is 3.65. The summed E-state index contributed by atoms with van der Waals surface area (Å²) in [5.74, 6) is 0.517. The summed E-state index contributed by atoms with van der Waals surface area (Å²) in [4.78, 5) is 11.9. The molecule has 4 heteroatoms. The molecule has 21 heavy (non-hydrogen) atoms. The van der Waals surface area contributed by atoms with Crippen molar-refractivity contribution in [3.05, 3.63) is 65.5 Å². The number of ether oxygens (including phenoxy) is 1. The maximum atomic E-state index is 13.5. The van der Waals surface area contributed by atoms with Gasteiger partial charge in [-0.2, -0.15) is 0 Å². The van der Waals surface area contributed by atoms with Crippen LogP contribution in [0.4, 0.5) is 4.39 Å². The van der Waals surface area contributed by atoms with Crippen molar-refractivity contribution in [2.75, 3.05) is 13.2 Å². The standard InChI is InChI=1S/C17H16FNO2/c18-15-7-3-1-5-12(15)9-17(20)19-10-13-11-21-16-8-4-2-6-14(13)16/h1-8,13H,9-11H2,(H,19,20). The van der Waals surface area contributed by atoms with Gasteiger partial charge < -0.3 is 10.1 Å². The average Bonchev–Trinajstić information content (AvgIpc) is 2.91. The highest BCUT2D eigenvalue weighted by atomic mass is 19.1. The number of halogens is 1. The number of fused-ring (bicyclic) bond motifs is 1. The lowest BCUT2D eigenvalue weighted by Gasteiger charge is -2.11. The summed E-state index contributed by atoms with van der Waals surface area (Å²) in [7, 11) is 0. The van der Waals surface area contributed by atoms with Crippen LogP contribution in [0, 0.1) is 5.82 Å². The van der Waals surface area contributed by atoms with Crippen molar-refractivity contribution < 1.29 is 13.9 Å². The highest BCUT2D eigenvalue weighted by molar-refractivity contribution is 5.78. The zero-order valence-corrected chi connectivity index (χ0v) is 11.5. The summed E-state index contributed by atoms with van der Waals surface area (Å²) in [5.41, 5.74) is 1.53. The van der Waals surface area contributed by atoms with Gasteiger partial charge in [-0.25, -0.2) is 4.39 Å². The second-order valence-corrected chi connectivity index (χ2v) is 5.12. The first-order valence-electron chi connectivity index (χ1n) is 6.96. The third kappa shape index (κ3) is 3.05. The van der Waals surface area contributed by atoms with Crippen molar-refractivity contribution >= 4 is 5.91 Å². The van der Waals surface area contributed by atoms with E-state index in [-0.39, 0.29) is 24.1 Å². The Morgan fingerprint density at radius 1 is 1.19 bits per heavy atom. The van der Waals surface area contributed by atoms with Gasteiger partial charge in [0.15, 0.2) is 0 Å². The van der Waals surface area contributed by atoms with Crippen LogP contribution in [-0.4, -0.2) is 19.1 Å². The van der Waals surface area contributed by atoms with Gasteiger partial charge in [-0.15, -0.1) is 0 Å². The van der Waals surface area contributed by atoms with Gasteiger partial charge in [0.1, 0.15) is 11.6 Å². The topological polar surface area (TPSA) is 38.3 Å². The molecule has 0 aliphatic carbocycles. The van der Waals surface area contributed by atoms with Crippen LogP contribution in [0.25, 0.3) is 0 Å². The molecule has 108 valence electrons. The van der Waals surface area contributed by atoms with Crippen molar-refractivity contribution in [2.24, 2.45) is 0 Å². The van der Waals surface area contributed by atoms with Crippen LogP contribution in [0.3, 0.4) is 0 Å². The number of para-hydroxylation sites is 1. The number of rotatable bonds is 4. The number of nitrogens with one attached hydrogen (secondary N) is 1. The lowest BCUT2D eigenvalue weighted by Crippen LogP contribution is -2.30. The van der Waals surface area contributed by atoms with Crippen molar-refractivity contribution in [3.8, 4) is 5.75 Å². The Balaban J connectivity index is 1.57. The average molecular weight is 285 g/mol. The zero-order chi connectivity index (χ0) is 14.7. The zero-order valence-electron chi connectivity index (χ0n) is 11.5. The molecule has 0 aromatic heterocycles. The fraction of sp³-hybridized carbons (Fsp3) is 0.235. The van der Waals surface area contributed by atoms with E-state index < -0.39 is 0 Å². The first-order valence-corrected chi connectivity index (χ1v) is 6.96. The van der Waals surface area contributed by atoms with Gasteiger partial charge >= 0.3 is 0 Å². The molecule has 1 aliphatic rings. The van der Waals surface area contributed by atoms with E-state index in [1.807, 2.05) is 24.3 Å². The molecule has 0 bridgehead atoms. The van der Waals surface area contributed by atoms with Gasteiger partial charge in [-0.1, -0.05) is 36.4 Å². The summed E-state index contributed by atoms with van der Waals surface area (Å²) in [6.07, 6.45) is 0.0574. The van der Waals surface area contributed by atoms with Gasteiger partial charge in [0.2, 0.25) is 5.91 Å². The predicted octanol–water partition coefficient (Wildman–Crippen LogP) is 2.66. The van der Waals surface area contributed by atoms with E-state index in [1.54, 1.807) is 18.2 Å². The molecule has 0 fully saturated rings. The number of benzene rings is 2. The lowest BCUT2D eigenvalue weighted by molar-refractivity contribution is -0.120. The number of carbonyl (C=O) groups is 1. The van der Waals surface area contributed by atoms with Crippen molar-refractivity contribution in [1.29, 1.82) is 0 Å². The molecule has 0 saturated heterocycles. The minimum atomic E-state index is -0.345. The van der Waals surface area contributed by atoms with Crippen LogP contribution in [0.15, 0.2) is 48.5 Å². The third-order valence-corrected chi connectivity index (χ3v) is 3.65. The van der Waals surface area contributed by atoms with Gasteiger partial charge in [0, 0.05) is 18.0 Å². The molecule has 3 rings (SSSR count). The second-order valence-electron chi connectivity index (χ2n) is 5.12. The molecular formula is C17H16FNO2. The minimum absolute atomic E-state index is 0.0574. The first-order chi connectivity index (χ1) is 10.2. The van der Waals surface area contributed by atoms with Crippen LogP contribution < -0.4 is 10.1 Å². The predicted molar refractivity (Wildman–Crippen MR) is 77.8 cm³/mol. The summed E-state index contributed by atoms with van der Waals surface area (Å²) in [6, 6.07) is 14.2.